The summed E-state index contributed by atoms with van der Waals surface area (Å²) in [5.41, 5.74) is 6.68. The van der Waals surface area contributed by atoms with Gasteiger partial charge in [-0.15, -0.1) is 0 Å². The van der Waals surface area contributed by atoms with Gasteiger partial charge in [0.05, 0.1) is 0 Å². The summed E-state index contributed by atoms with van der Waals surface area (Å²) >= 11 is 0. The number of aryl methyl sites for hydroxylation is 1. The van der Waals surface area contributed by atoms with Crippen molar-refractivity contribution in [2.24, 2.45) is 11.7 Å². The molecule has 18 heavy (non-hydrogen) atoms. The molecule has 1 aromatic rings. The highest BCUT2D eigenvalue weighted by Crippen LogP contribution is 2.12. The van der Waals surface area contributed by atoms with E-state index in [-0.39, 0.29) is 11.9 Å². The fourth-order valence-electron chi connectivity index (χ4n) is 1.84. The summed E-state index contributed by atoms with van der Waals surface area (Å²) in [6.07, 6.45) is 0.720. The van der Waals surface area contributed by atoms with Gasteiger partial charge < -0.3 is 11.1 Å². The highest BCUT2D eigenvalue weighted by atomic mass is 19.1. The highest BCUT2D eigenvalue weighted by molar-refractivity contribution is 5.95. The third kappa shape index (κ3) is 3.81. The van der Waals surface area contributed by atoms with E-state index in [9.17, 15) is 9.18 Å². The first kappa shape index (κ1) is 14.6. The topological polar surface area (TPSA) is 55.1 Å². The molecule has 0 bridgehead atoms. The third-order valence-corrected chi connectivity index (χ3v) is 3.04. The predicted octanol–water partition coefficient (Wildman–Crippen LogP) is 2.24. The first-order chi connectivity index (χ1) is 8.45. The van der Waals surface area contributed by atoms with E-state index in [2.05, 4.69) is 5.32 Å². The van der Waals surface area contributed by atoms with E-state index in [0.29, 0.717) is 18.0 Å². The van der Waals surface area contributed by atoms with Crippen LogP contribution in [0.4, 0.5) is 4.39 Å². The lowest BCUT2D eigenvalue weighted by atomic mass is 10.00. The monoisotopic (exact) mass is 252 g/mol. The number of hydrogen-bond donors (Lipinski definition) is 2. The molecule has 0 aliphatic rings. The lowest BCUT2D eigenvalue weighted by Crippen LogP contribution is -2.40. The molecule has 1 rings (SSSR count). The zero-order valence-corrected chi connectivity index (χ0v) is 11.2. The molecule has 0 radical (unpaired) electrons. The zero-order chi connectivity index (χ0) is 13.7. The Morgan fingerprint density at radius 1 is 1.44 bits per heavy atom. The summed E-state index contributed by atoms with van der Waals surface area (Å²) in [7, 11) is 0. The van der Waals surface area contributed by atoms with Crippen molar-refractivity contribution in [1.82, 2.24) is 5.32 Å². The Morgan fingerprint density at radius 3 is 2.67 bits per heavy atom. The number of rotatable bonds is 5. The smallest absolute Gasteiger partial charge is 0.251 e. The van der Waals surface area contributed by atoms with Crippen molar-refractivity contribution in [3.05, 3.63) is 35.1 Å². The first-order valence-electron chi connectivity index (χ1n) is 6.22. The van der Waals surface area contributed by atoms with Crippen molar-refractivity contribution < 1.29 is 9.18 Å². The van der Waals surface area contributed by atoms with Crippen LogP contribution in [-0.2, 0) is 0 Å². The summed E-state index contributed by atoms with van der Waals surface area (Å²) in [6, 6.07) is 4.25. The number of amides is 1. The van der Waals surface area contributed by atoms with Crippen LogP contribution in [0.5, 0.6) is 0 Å². The van der Waals surface area contributed by atoms with E-state index in [4.69, 9.17) is 5.73 Å². The van der Waals surface area contributed by atoms with Gasteiger partial charge in [0.15, 0.2) is 0 Å². The number of hydrogen-bond acceptors (Lipinski definition) is 2. The molecular weight excluding hydrogens is 231 g/mol. The first-order valence-corrected chi connectivity index (χ1v) is 6.22. The number of carbonyl (C=O) groups excluding carboxylic acids is 1. The maximum absolute atomic E-state index is 13.2. The van der Waals surface area contributed by atoms with Crippen LogP contribution in [0.15, 0.2) is 18.2 Å². The minimum absolute atomic E-state index is 0.0187. The van der Waals surface area contributed by atoms with Gasteiger partial charge >= 0.3 is 0 Å². The van der Waals surface area contributed by atoms with Crippen LogP contribution in [0.3, 0.4) is 0 Å². The van der Waals surface area contributed by atoms with Gasteiger partial charge in [0.1, 0.15) is 5.82 Å². The van der Waals surface area contributed by atoms with E-state index in [0.717, 1.165) is 12.0 Å². The van der Waals surface area contributed by atoms with Gasteiger partial charge in [0.2, 0.25) is 0 Å². The molecule has 1 aromatic carbocycles. The molecule has 0 fully saturated rings. The van der Waals surface area contributed by atoms with Crippen LogP contribution in [0.25, 0.3) is 0 Å². The van der Waals surface area contributed by atoms with Crippen molar-refractivity contribution >= 4 is 5.91 Å². The molecule has 0 aliphatic carbocycles. The maximum Gasteiger partial charge on any atom is 0.251 e. The van der Waals surface area contributed by atoms with Crippen LogP contribution in [0, 0.1) is 18.7 Å². The Morgan fingerprint density at radius 2 is 2.11 bits per heavy atom. The van der Waals surface area contributed by atoms with Gasteiger partial charge in [-0.05, 0) is 43.5 Å². The molecule has 3 nitrogen and oxygen atoms in total. The zero-order valence-electron chi connectivity index (χ0n) is 11.2. The van der Waals surface area contributed by atoms with Crippen molar-refractivity contribution in [2.45, 2.75) is 33.2 Å². The van der Waals surface area contributed by atoms with E-state index in [1.54, 1.807) is 13.0 Å². The summed E-state index contributed by atoms with van der Waals surface area (Å²) in [5, 5.41) is 2.92. The van der Waals surface area contributed by atoms with E-state index in [1.165, 1.54) is 12.1 Å². The lowest BCUT2D eigenvalue weighted by molar-refractivity contribution is 0.0923. The average Bonchev–Trinajstić information content (AvgIpc) is 2.31. The SMILES string of the molecule is Cc1ccc(F)cc1C(=O)NC(CCN)C(C)C. The molecule has 100 valence electrons. The normalized spacial score (nSPS) is 12.6. The Kier molecular flexibility index (Phi) is 5.28. The van der Waals surface area contributed by atoms with Crippen LogP contribution in [-0.4, -0.2) is 18.5 Å². The van der Waals surface area contributed by atoms with E-state index in [1.807, 2.05) is 13.8 Å². The summed E-state index contributed by atoms with van der Waals surface area (Å²) in [4.78, 5) is 12.1. The second-order valence-corrected chi connectivity index (χ2v) is 4.86. The molecular formula is C14H21FN2O. The molecule has 1 atom stereocenters. The Labute approximate surface area is 108 Å². The molecule has 0 saturated heterocycles. The second-order valence-electron chi connectivity index (χ2n) is 4.86. The average molecular weight is 252 g/mol. The maximum atomic E-state index is 13.2. The van der Waals surface area contributed by atoms with Gasteiger partial charge in [-0.1, -0.05) is 19.9 Å². The molecule has 0 saturated carbocycles. The molecule has 1 amide bonds. The van der Waals surface area contributed by atoms with Crippen molar-refractivity contribution in [1.29, 1.82) is 0 Å². The van der Waals surface area contributed by atoms with Crippen LogP contribution in [0.2, 0.25) is 0 Å². The molecule has 0 heterocycles. The number of benzene rings is 1. The number of carbonyl (C=O) groups is 1. The van der Waals surface area contributed by atoms with Gasteiger partial charge in [0.25, 0.3) is 5.91 Å². The Balaban J connectivity index is 2.83. The van der Waals surface area contributed by atoms with Crippen molar-refractivity contribution in [2.75, 3.05) is 6.54 Å². The largest absolute Gasteiger partial charge is 0.349 e. The number of halogens is 1. The Hall–Kier alpha value is -1.42. The minimum atomic E-state index is -0.398. The van der Waals surface area contributed by atoms with Crippen LogP contribution in [0.1, 0.15) is 36.2 Å². The Bertz CT molecular complexity index is 418. The van der Waals surface area contributed by atoms with Gasteiger partial charge in [0, 0.05) is 11.6 Å². The number of nitrogens with two attached hydrogens (primary N) is 1. The van der Waals surface area contributed by atoms with E-state index >= 15 is 0 Å². The summed E-state index contributed by atoms with van der Waals surface area (Å²) in [5.74, 6) is -0.337. The summed E-state index contributed by atoms with van der Waals surface area (Å²) < 4.78 is 13.2. The summed E-state index contributed by atoms with van der Waals surface area (Å²) in [6.45, 7) is 6.37. The van der Waals surface area contributed by atoms with Crippen LogP contribution < -0.4 is 11.1 Å². The molecule has 0 aromatic heterocycles. The lowest BCUT2D eigenvalue weighted by Gasteiger charge is -2.22. The quantitative estimate of drug-likeness (QED) is 0.844. The third-order valence-electron chi connectivity index (χ3n) is 3.04. The van der Waals surface area contributed by atoms with Crippen molar-refractivity contribution in [3.63, 3.8) is 0 Å². The van der Waals surface area contributed by atoms with Gasteiger partial charge in [-0.3, -0.25) is 4.79 Å². The molecule has 1 unspecified atom stereocenters. The predicted molar refractivity (Wildman–Crippen MR) is 70.9 cm³/mol. The highest BCUT2D eigenvalue weighted by Gasteiger charge is 2.17. The molecule has 0 spiro atoms. The van der Waals surface area contributed by atoms with Crippen LogP contribution >= 0.6 is 0 Å². The van der Waals surface area contributed by atoms with Gasteiger partial charge in [-0.2, -0.15) is 0 Å². The second kappa shape index (κ2) is 6.50. The fraction of sp³-hybridized carbons (Fsp3) is 0.500. The van der Waals surface area contributed by atoms with Gasteiger partial charge in [-0.25, -0.2) is 4.39 Å². The molecule has 4 heteroatoms. The molecule has 3 N–H and O–H groups in total. The number of nitrogens with one attached hydrogen (secondary N) is 1. The van der Waals surface area contributed by atoms with Crippen molar-refractivity contribution in [3.8, 4) is 0 Å². The standard InChI is InChI=1S/C14H21FN2O/c1-9(2)13(6-7-16)17-14(18)12-8-11(15)5-4-10(12)3/h4-5,8-9,13H,6-7,16H2,1-3H3,(H,17,18). The fourth-order valence-corrected chi connectivity index (χ4v) is 1.84. The molecule has 0 aliphatic heterocycles. The minimum Gasteiger partial charge on any atom is -0.349 e. The van der Waals surface area contributed by atoms with E-state index < -0.39 is 5.82 Å².